The molecular formula is C14H14OP. The summed E-state index contributed by atoms with van der Waals surface area (Å²) in [5.41, 5.74) is 2.48. The summed E-state index contributed by atoms with van der Waals surface area (Å²) in [5.74, 6) is 1.76. The second-order valence-corrected chi connectivity index (χ2v) is 3.73. The maximum absolute atomic E-state index is 5.69. The van der Waals surface area contributed by atoms with E-state index in [0.29, 0.717) is 0 Å². The van der Waals surface area contributed by atoms with Gasteiger partial charge in [0.1, 0.15) is 11.5 Å². The van der Waals surface area contributed by atoms with E-state index in [1.165, 1.54) is 11.1 Å². The molecule has 0 aliphatic heterocycles. The summed E-state index contributed by atoms with van der Waals surface area (Å²) >= 11 is 0. The molecule has 0 aliphatic rings. The van der Waals surface area contributed by atoms with Crippen molar-refractivity contribution in [1.82, 2.24) is 0 Å². The van der Waals surface area contributed by atoms with E-state index in [9.17, 15) is 0 Å². The van der Waals surface area contributed by atoms with Gasteiger partial charge in [-0.1, -0.05) is 35.4 Å². The van der Waals surface area contributed by atoms with Crippen molar-refractivity contribution in [1.29, 1.82) is 0 Å². The molecule has 81 valence electrons. The lowest BCUT2D eigenvalue weighted by atomic mass is 10.2. The maximum atomic E-state index is 5.69. The Morgan fingerprint density at radius 3 is 1.25 bits per heavy atom. The van der Waals surface area contributed by atoms with Crippen LogP contribution in [0.1, 0.15) is 11.1 Å². The van der Waals surface area contributed by atoms with E-state index in [4.69, 9.17) is 4.74 Å². The van der Waals surface area contributed by atoms with Crippen LogP contribution < -0.4 is 4.74 Å². The van der Waals surface area contributed by atoms with Crippen LogP contribution in [0.3, 0.4) is 0 Å². The van der Waals surface area contributed by atoms with Crippen molar-refractivity contribution < 1.29 is 4.74 Å². The van der Waals surface area contributed by atoms with Gasteiger partial charge in [-0.15, -0.1) is 0 Å². The molecule has 16 heavy (non-hydrogen) atoms. The van der Waals surface area contributed by atoms with Crippen LogP contribution in [0.2, 0.25) is 0 Å². The molecular weight excluding hydrogens is 215 g/mol. The Balaban J connectivity index is 0.00000128. The van der Waals surface area contributed by atoms with Crippen molar-refractivity contribution in [2.24, 2.45) is 0 Å². The zero-order chi connectivity index (χ0) is 10.7. The molecule has 0 fully saturated rings. The molecule has 0 spiro atoms. The van der Waals surface area contributed by atoms with E-state index in [2.05, 4.69) is 13.8 Å². The van der Waals surface area contributed by atoms with Crippen LogP contribution in [0.25, 0.3) is 0 Å². The van der Waals surface area contributed by atoms with Gasteiger partial charge in [-0.3, -0.25) is 0 Å². The number of rotatable bonds is 2. The molecule has 0 heterocycles. The van der Waals surface area contributed by atoms with Crippen molar-refractivity contribution in [2.75, 3.05) is 0 Å². The van der Waals surface area contributed by atoms with Crippen molar-refractivity contribution in [3.63, 3.8) is 0 Å². The molecule has 0 saturated heterocycles. The van der Waals surface area contributed by atoms with E-state index in [-0.39, 0.29) is 9.90 Å². The average Bonchev–Trinajstić information content (AvgIpc) is 2.25. The van der Waals surface area contributed by atoms with Crippen LogP contribution in [0.15, 0.2) is 48.5 Å². The number of hydrogen-bond donors (Lipinski definition) is 0. The van der Waals surface area contributed by atoms with Gasteiger partial charge in [0.2, 0.25) is 0 Å². The number of hydrogen-bond acceptors (Lipinski definition) is 1. The lowest BCUT2D eigenvalue weighted by Crippen LogP contribution is -1.84. The van der Waals surface area contributed by atoms with Crippen molar-refractivity contribution in [3.8, 4) is 11.5 Å². The minimum absolute atomic E-state index is 0. The smallest absolute Gasteiger partial charge is 0.127 e. The normalized spacial score (nSPS) is 9.38. The summed E-state index contributed by atoms with van der Waals surface area (Å²) in [6.45, 7) is 4.13. The number of benzene rings is 2. The lowest BCUT2D eigenvalue weighted by molar-refractivity contribution is 0.482. The predicted octanol–water partition coefficient (Wildman–Crippen LogP) is 4.96. The average molecular weight is 229 g/mol. The first-order valence-electron chi connectivity index (χ1n) is 5.05. The standard InChI is InChI=1S/C14H14O.P/c1-11-3-7-13(8-4-11)15-14-9-5-12(2)6-10-14;/h3-10H,1-2H3;. The third-order valence-electron chi connectivity index (χ3n) is 2.28. The van der Waals surface area contributed by atoms with Gasteiger partial charge in [-0.25, -0.2) is 0 Å². The summed E-state index contributed by atoms with van der Waals surface area (Å²) in [5, 5.41) is 0. The number of ether oxygens (including phenoxy) is 1. The molecule has 2 heteroatoms. The minimum atomic E-state index is 0. The highest BCUT2D eigenvalue weighted by atomic mass is 31.0. The summed E-state index contributed by atoms with van der Waals surface area (Å²) in [6, 6.07) is 16.1. The SMILES string of the molecule is Cc1ccc(Oc2ccc(C)cc2)cc1.[P]. The quantitative estimate of drug-likeness (QED) is 0.661. The topological polar surface area (TPSA) is 9.23 Å². The van der Waals surface area contributed by atoms with Crippen LogP contribution in [0.5, 0.6) is 11.5 Å². The van der Waals surface area contributed by atoms with Crippen LogP contribution in [-0.2, 0) is 0 Å². The predicted molar refractivity (Wildman–Crippen MR) is 69.4 cm³/mol. The van der Waals surface area contributed by atoms with E-state index in [1.807, 2.05) is 48.5 Å². The molecule has 2 aromatic rings. The van der Waals surface area contributed by atoms with Crippen LogP contribution in [0.4, 0.5) is 0 Å². The largest absolute Gasteiger partial charge is 0.457 e. The highest BCUT2D eigenvalue weighted by Gasteiger charge is 1.95. The summed E-state index contributed by atoms with van der Waals surface area (Å²) in [4.78, 5) is 0. The summed E-state index contributed by atoms with van der Waals surface area (Å²) in [6.07, 6.45) is 0. The molecule has 0 amide bonds. The Labute approximate surface area is 100 Å². The van der Waals surface area contributed by atoms with Gasteiger partial charge in [-0.05, 0) is 38.1 Å². The number of aryl methyl sites for hydroxylation is 2. The molecule has 0 atom stereocenters. The van der Waals surface area contributed by atoms with E-state index in [1.54, 1.807) is 0 Å². The van der Waals surface area contributed by atoms with Gasteiger partial charge < -0.3 is 4.74 Å². The fourth-order valence-electron chi connectivity index (χ4n) is 1.35. The fraction of sp³-hybridized carbons (Fsp3) is 0.143. The van der Waals surface area contributed by atoms with Gasteiger partial charge >= 0.3 is 0 Å². The third kappa shape index (κ3) is 3.36. The van der Waals surface area contributed by atoms with Crippen LogP contribution in [0, 0.1) is 13.8 Å². The molecule has 0 N–H and O–H groups in total. The molecule has 3 radical (unpaired) electrons. The van der Waals surface area contributed by atoms with Gasteiger partial charge in [-0.2, -0.15) is 0 Å². The Morgan fingerprint density at radius 2 is 0.938 bits per heavy atom. The van der Waals surface area contributed by atoms with Crippen molar-refractivity contribution in [3.05, 3.63) is 59.7 Å². The van der Waals surface area contributed by atoms with Crippen molar-refractivity contribution >= 4 is 9.90 Å². The van der Waals surface area contributed by atoms with Gasteiger partial charge in [0.25, 0.3) is 0 Å². The Hall–Kier alpha value is -1.33. The van der Waals surface area contributed by atoms with Gasteiger partial charge in [0.05, 0.1) is 0 Å². The van der Waals surface area contributed by atoms with E-state index >= 15 is 0 Å². The van der Waals surface area contributed by atoms with Crippen molar-refractivity contribution in [2.45, 2.75) is 13.8 Å². The second kappa shape index (κ2) is 5.67. The monoisotopic (exact) mass is 229 g/mol. The van der Waals surface area contributed by atoms with E-state index in [0.717, 1.165) is 11.5 Å². The maximum Gasteiger partial charge on any atom is 0.127 e. The fourth-order valence-corrected chi connectivity index (χ4v) is 1.35. The van der Waals surface area contributed by atoms with Crippen LogP contribution in [-0.4, -0.2) is 0 Å². The second-order valence-electron chi connectivity index (χ2n) is 3.73. The molecule has 0 bridgehead atoms. The van der Waals surface area contributed by atoms with Gasteiger partial charge in [0, 0.05) is 9.90 Å². The molecule has 0 aliphatic carbocycles. The molecule has 0 saturated carbocycles. The molecule has 2 aromatic carbocycles. The third-order valence-corrected chi connectivity index (χ3v) is 2.28. The first-order chi connectivity index (χ1) is 7.24. The Morgan fingerprint density at radius 1 is 0.625 bits per heavy atom. The molecule has 0 unspecified atom stereocenters. The summed E-state index contributed by atoms with van der Waals surface area (Å²) in [7, 11) is 0. The Bertz CT molecular complexity index is 388. The molecule has 0 aromatic heterocycles. The van der Waals surface area contributed by atoms with Crippen LogP contribution >= 0.6 is 9.90 Å². The first-order valence-corrected chi connectivity index (χ1v) is 5.05. The lowest BCUT2D eigenvalue weighted by Gasteiger charge is -2.05. The highest BCUT2D eigenvalue weighted by Crippen LogP contribution is 2.21. The Kier molecular flexibility index (Phi) is 4.52. The first kappa shape index (κ1) is 12.7. The molecule has 1 nitrogen and oxygen atoms in total. The zero-order valence-electron chi connectivity index (χ0n) is 9.47. The zero-order valence-corrected chi connectivity index (χ0v) is 10.4. The highest BCUT2D eigenvalue weighted by molar-refractivity contribution is 6.92. The van der Waals surface area contributed by atoms with Gasteiger partial charge in [0.15, 0.2) is 0 Å². The summed E-state index contributed by atoms with van der Waals surface area (Å²) < 4.78 is 5.69. The van der Waals surface area contributed by atoms with E-state index < -0.39 is 0 Å². The molecule has 2 rings (SSSR count). The minimum Gasteiger partial charge on any atom is -0.457 e.